The van der Waals surface area contributed by atoms with E-state index in [2.05, 4.69) is 16.9 Å². The van der Waals surface area contributed by atoms with Crippen LogP contribution in [0.3, 0.4) is 0 Å². The molecular weight excluding hydrogens is 333 g/mol. The maximum Gasteiger partial charge on any atom is 0.391 e. The first-order valence-electron chi connectivity index (χ1n) is 8.06. The Kier molecular flexibility index (Phi) is 6.22. The van der Waals surface area contributed by atoms with Gasteiger partial charge in [0, 0.05) is 5.56 Å². The highest BCUT2D eigenvalue weighted by Gasteiger charge is 2.40. The number of methoxy groups -OCH3 is 1. The van der Waals surface area contributed by atoms with Gasteiger partial charge in [0.25, 0.3) is 0 Å². The van der Waals surface area contributed by atoms with E-state index >= 15 is 0 Å². The molecule has 0 bridgehead atoms. The van der Waals surface area contributed by atoms with Crippen LogP contribution in [-0.2, 0) is 4.79 Å². The van der Waals surface area contributed by atoms with Gasteiger partial charge in [-0.1, -0.05) is 18.7 Å². The minimum absolute atomic E-state index is 0.0997. The van der Waals surface area contributed by atoms with E-state index in [1.165, 1.54) is 13.3 Å². The van der Waals surface area contributed by atoms with E-state index in [0.29, 0.717) is 30.0 Å². The molecule has 0 aromatic carbocycles. The van der Waals surface area contributed by atoms with Gasteiger partial charge < -0.3 is 10.1 Å². The fourth-order valence-corrected chi connectivity index (χ4v) is 2.88. The van der Waals surface area contributed by atoms with Crippen molar-refractivity contribution in [3.63, 3.8) is 0 Å². The number of anilines is 1. The Morgan fingerprint density at radius 2 is 2.04 bits per heavy atom. The van der Waals surface area contributed by atoms with E-state index in [9.17, 15) is 18.0 Å². The lowest BCUT2D eigenvalue weighted by atomic mass is 9.81. The highest BCUT2D eigenvalue weighted by atomic mass is 19.4. The molecule has 1 aliphatic rings. The number of nitrogens with one attached hydrogen (secondary N) is 1. The number of rotatable bonds is 5. The number of hydrogen-bond donors (Lipinski definition) is 1. The minimum atomic E-state index is -4.10. The predicted octanol–water partition coefficient (Wildman–Crippen LogP) is 4.60. The zero-order valence-corrected chi connectivity index (χ0v) is 14.0. The van der Waals surface area contributed by atoms with Crippen LogP contribution in [0.25, 0.3) is 6.08 Å². The molecule has 0 aliphatic heterocycles. The summed E-state index contributed by atoms with van der Waals surface area (Å²) < 4.78 is 43.4. The quantitative estimate of drug-likeness (QED) is 0.787. The molecule has 25 heavy (non-hydrogen) atoms. The molecule has 1 saturated carbocycles. The average molecular weight is 354 g/mol. The molecule has 1 heterocycles. The van der Waals surface area contributed by atoms with Gasteiger partial charge in [-0.3, -0.25) is 4.79 Å². The lowest BCUT2D eigenvalue weighted by Gasteiger charge is -2.28. The summed E-state index contributed by atoms with van der Waals surface area (Å²) in [5.74, 6) is -0.586. The third kappa shape index (κ3) is 5.34. The molecule has 0 radical (unpaired) electrons. The molecule has 4 nitrogen and oxygen atoms in total. The molecule has 1 fully saturated rings. The van der Waals surface area contributed by atoms with Crippen molar-refractivity contribution < 1.29 is 22.7 Å². The molecule has 7 heteroatoms. The number of allylic oxidation sites excluding steroid dienone is 1. The molecule has 1 aromatic rings. The summed E-state index contributed by atoms with van der Waals surface area (Å²) in [6, 6.07) is 1.65. The van der Waals surface area contributed by atoms with Crippen LogP contribution in [0.15, 0.2) is 31.0 Å². The summed E-state index contributed by atoms with van der Waals surface area (Å²) in [6.45, 7) is 3.38. The SMILES string of the molecule is C=CC(=O)Nc1cc(C=CC2CCC(C(F)(F)F)CC2)c(OC)cn1. The molecule has 0 atom stereocenters. The number of amides is 1. The van der Waals surface area contributed by atoms with Crippen LogP contribution in [0.1, 0.15) is 31.2 Å². The number of aromatic nitrogens is 1. The number of nitrogens with zero attached hydrogens (tertiary/aromatic N) is 1. The van der Waals surface area contributed by atoms with Crippen LogP contribution in [0.2, 0.25) is 0 Å². The second kappa shape index (κ2) is 8.18. The Labute approximate surface area is 144 Å². The molecular formula is C18H21F3N2O2. The summed E-state index contributed by atoms with van der Waals surface area (Å²) in [7, 11) is 1.50. The summed E-state index contributed by atoms with van der Waals surface area (Å²) in [6.07, 6.45) is 3.58. The average Bonchev–Trinajstić information content (AvgIpc) is 2.59. The number of ether oxygens (including phenoxy) is 1. The standard InChI is InChI=1S/C18H21F3N2O2/c1-3-17(24)23-16-10-13(15(25-2)11-22-16)7-4-12-5-8-14(9-6-12)18(19,20)21/h3-4,7,10-12,14H,1,5-6,8-9H2,2H3,(H,22,23,24). The molecule has 2 rings (SSSR count). The lowest BCUT2D eigenvalue weighted by molar-refractivity contribution is -0.183. The fraction of sp³-hybridized carbons (Fsp3) is 0.444. The second-order valence-corrected chi connectivity index (χ2v) is 6.02. The van der Waals surface area contributed by atoms with Crippen LogP contribution >= 0.6 is 0 Å². The van der Waals surface area contributed by atoms with E-state index in [1.807, 2.05) is 12.2 Å². The van der Waals surface area contributed by atoms with Gasteiger partial charge in [0.1, 0.15) is 11.6 Å². The monoisotopic (exact) mass is 354 g/mol. The van der Waals surface area contributed by atoms with Crippen molar-refractivity contribution in [1.29, 1.82) is 0 Å². The zero-order valence-electron chi connectivity index (χ0n) is 14.0. The highest BCUT2D eigenvalue weighted by molar-refractivity contribution is 5.98. The first-order valence-corrected chi connectivity index (χ1v) is 8.06. The Morgan fingerprint density at radius 1 is 1.36 bits per heavy atom. The molecule has 0 unspecified atom stereocenters. The van der Waals surface area contributed by atoms with Crippen LogP contribution in [0.5, 0.6) is 5.75 Å². The van der Waals surface area contributed by atoms with E-state index in [1.54, 1.807) is 6.07 Å². The molecule has 1 aliphatic carbocycles. The Bertz CT molecular complexity index is 648. The van der Waals surface area contributed by atoms with E-state index < -0.39 is 12.1 Å². The Hall–Kier alpha value is -2.31. The van der Waals surface area contributed by atoms with E-state index in [-0.39, 0.29) is 24.7 Å². The van der Waals surface area contributed by atoms with Gasteiger partial charge in [-0.05, 0) is 43.7 Å². The van der Waals surface area contributed by atoms with E-state index in [0.717, 1.165) is 6.08 Å². The van der Waals surface area contributed by atoms with Crippen molar-refractivity contribution in [1.82, 2.24) is 4.98 Å². The fourth-order valence-electron chi connectivity index (χ4n) is 2.88. The van der Waals surface area contributed by atoms with Gasteiger partial charge in [0.2, 0.25) is 5.91 Å². The van der Waals surface area contributed by atoms with Crippen molar-refractivity contribution in [3.8, 4) is 5.75 Å². The maximum absolute atomic E-state index is 12.7. The minimum Gasteiger partial charge on any atom is -0.495 e. The van der Waals surface area contributed by atoms with Crippen LogP contribution in [0.4, 0.5) is 19.0 Å². The van der Waals surface area contributed by atoms with Gasteiger partial charge >= 0.3 is 6.18 Å². The van der Waals surface area contributed by atoms with Crippen molar-refractivity contribution in [2.24, 2.45) is 11.8 Å². The number of halogens is 3. The van der Waals surface area contributed by atoms with Gasteiger partial charge in [0.15, 0.2) is 0 Å². The van der Waals surface area contributed by atoms with Gasteiger partial charge in [-0.15, -0.1) is 0 Å². The molecule has 1 N–H and O–H groups in total. The summed E-state index contributed by atoms with van der Waals surface area (Å²) in [5, 5.41) is 2.56. The third-order valence-electron chi connectivity index (χ3n) is 4.34. The number of hydrogen-bond acceptors (Lipinski definition) is 3. The molecule has 136 valence electrons. The number of alkyl halides is 3. The first kappa shape index (κ1) is 19.0. The molecule has 1 amide bonds. The van der Waals surface area contributed by atoms with Crippen molar-refractivity contribution in [3.05, 3.63) is 36.6 Å². The van der Waals surface area contributed by atoms with Crippen molar-refractivity contribution in [2.45, 2.75) is 31.9 Å². The van der Waals surface area contributed by atoms with Gasteiger partial charge in [-0.25, -0.2) is 4.98 Å². The largest absolute Gasteiger partial charge is 0.495 e. The van der Waals surface area contributed by atoms with Gasteiger partial charge in [0.05, 0.1) is 19.2 Å². The van der Waals surface area contributed by atoms with Crippen LogP contribution in [0, 0.1) is 11.8 Å². The number of carbonyl (C=O) groups excluding carboxylic acids is 1. The third-order valence-corrected chi connectivity index (χ3v) is 4.34. The summed E-state index contributed by atoms with van der Waals surface area (Å²) in [4.78, 5) is 15.4. The zero-order chi connectivity index (χ0) is 18.4. The first-order chi connectivity index (χ1) is 11.8. The topological polar surface area (TPSA) is 51.2 Å². The normalized spacial score (nSPS) is 21.1. The Balaban J connectivity index is 2.05. The molecule has 1 aromatic heterocycles. The number of pyridine rings is 1. The summed E-state index contributed by atoms with van der Waals surface area (Å²) >= 11 is 0. The second-order valence-electron chi connectivity index (χ2n) is 6.02. The van der Waals surface area contributed by atoms with E-state index in [4.69, 9.17) is 4.74 Å². The summed E-state index contributed by atoms with van der Waals surface area (Å²) in [5.41, 5.74) is 0.704. The maximum atomic E-state index is 12.7. The molecule has 0 spiro atoms. The van der Waals surface area contributed by atoms with Crippen LogP contribution in [-0.4, -0.2) is 24.2 Å². The molecule has 0 saturated heterocycles. The number of carbonyl (C=O) groups is 1. The lowest BCUT2D eigenvalue weighted by Crippen LogP contribution is -2.27. The van der Waals surface area contributed by atoms with Crippen LogP contribution < -0.4 is 10.1 Å². The smallest absolute Gasteiger partial charge is 0.391 e. The van der Waals surface area contributed by atoms with Crippen molar-refractivity contribution >= 4 is 17.8 Å². The highest BCUT2D eigenvalue weighted by Crippen LogP contribution is 2.40. The predicted molar refractivity (Wildman–Crippen MR) is 90.2 cm³/mol. The Morgan fingerprint density at radius 3 is 2.60 bits per heavy atom. The van der Waals surface area contributed by atoms with Gasteiger partial charge in [-0.2, -0.15) is 13.2 Å². The van der Waals surface area contributed by atoms with Crippen molar-refractivity contribution in [2.75, 3.05) is 12.4 Å².